The molecule has 0 spiro atoms. The second-order valence-electron chi connectivity index (χ2n) is 4.79. The van der Waals surface area contributed by atoms with Gasteiger partial charge in [0.25, 0.3) is 0 Å². The summed E-state index contributed by atoms with van der Waals surface area (Å²) in [5, 5.41) is 9.46. The molecule has 0 rings (SSSR count). The molecule has 1 atom stereocenters. The Labute approximate surface area is 93.4 Å². The zero-order chi connectivity index (χ0) is 11.8. The zero-order valence-corrected chi connectivity index (χ0v) is 10.4. The minimum absolute atomic E-state index is 0.0605. The molecule has 0 heterocycles. The summed E-state index contributed by atoms with van der Waals surface area (Å²) in [6.45, 7) is 8.03. The van der Waals surface area contributed by atoms with Crippen molar-refractivity contribution in [2.45, 2.75) is 59.5 Å². The van der Waals surface area contributed by atoms with Crippen LogP contribution in [0.1, 0.15) is 53.4 Å². The molecule has 0 aliphatic rings. The molecule has 0 saturated heterocycles. The fourth-order valence-electron chi connectivity index (χ4n) is 1.68. The van der Waals surface area contributed by atoms with E-state index in [1.165, 1.54) is 12.5 Å². The van der Waals surface area contributed by atoms with Gasteiger partial charge in [0.1, 0.15) is 5.78 Å². The van der Waals surface area contributed by atoms with E-state index in [9.17, 15) is 9.90 Å². The Hall–Kier alpha value is -0.630. The summed E-state index contributed by atoms with van der Waals surface area (Å²) in [4.78, 5) is 10.7. The molecule has 1 unspecified atom stereocenters. The summed E-state index contributed by atoms with van der Waals surface area (Å²) < 4.78 is 0. The number of Topliss-reactive ketones (excluding diaryl/α,β-unsaturated/α-hetero) is 1. The van der Waals surface area contributed by atoms with Crippen molar-refractivity contribution in [1.82, 2.24) is 0 Å². The second kappa shape index (κ2) is 7.63. The van der Waals surface area contributed by atoms with Gasteiger partial charge in [0.2, 0.25) is 0 Å². The number of carbonyl (C=O) groups is 1. The molecule has 0 aromatic rings. The van der Waals surface area contributed by atoms with Crippen LogP contribution in [-0.4, -0.2) is 17.0 Å². The highest BCUT2D eigenvalue weighted by Crippen LogP contribution is 2.12. The number of ketones is 1. The number of aliphatic hydroxyl groups excluding tert-OH is 1. The van der Waals surface area contributed by atoms with Gasteiger partial charge >= 0.3 is 0 Å². The molecule has 2 nitrogen and oxygen atoms in total. The number of rotatable bonds is 7. The second-order valence-corrected chi connectivity index (χ2v) is 4.79. The SMILES string of the molecule is CC(=O)CC(O)CCC=C(C)CC(C)C. The van der Waals surface area contributed by atoms with Gasteiger partial charge in [-0.25, -0.2) is 0 Å². The van der Waals surface area contributed by atoms with Crippen molar-refractivity contribution in [1.29, 1.82) is 0 Å². The average Bonchev–Trinajstić information content (AvgIpc) is 2.00. The van der Waals surface area contributed by atoms with E-state index in [1.807, 2.05) is 0 Å². The quantitative estimate of drug-likeness (QED) is 0.658. The van der Waals surface area contributed by atoms with Gasteiger partial charge in [-0.05, 0) is 39.0 Å². The van der Waals surface area contributed by atoms with Gasteiger partial charge in [-0.2, -0.15) is 0 Å². The lowest BCUT2D eigenvalue weighted by atomic mass is 10.0. The van der Waals surface area contributed by atoms with E-state index in [-0.39, 0.29) is 12.2 Å². The summed E-state index contributed by atoms with van der Waals surface area (Å²) in [7, 11) is 0. The molecule has 0 saturated carbocycles. The van der Waals surface area contributed by atoms with Crippen LogP contribution in [0.4, 0.5) is 0 Å². The summed E-state index contributed by atoms with van der Waals surface area (Å²) >= 11 is 0. The number of hydrogen-bond acceptors (Lipinski definition) is 2. The highest BCUT2D eigenvalue weighted by atomic mass is 16.3. The van der Waals surface area contributed by atoms with Crippen molar-refractivity contribution in [2.75, 3.05) is 0 Å². The Bertz CT molecular complexity index is 217. The minimum Gasteiger partial charge on any atom is -0.393 e. The number of aliphatic hydroxyl groups is 1. The van der Waals surface area contributed by atoms with Crippen molar-refractivity contribution in [3.8, 4) is 0 Å². The van der Waals surface area contributed by atoms with Gasteiger partial charge in [-0.3, -0.25) is 4.79 Å². The predicted molar refractivity (Wildman–Crippen MR) is 63.8 cm³/mol. The third-order valence-corrected chi connectivity index (χ3v) is 2.25. The van der Waals surface area contributed by atoms with E-state index in [0.29, 0.717) is 12.3 Å². The lowest BCUT2D eigenvalue weighted by molar-refractivity contribution is -0.118. The monoisotopic (exact) mass is 212 g/mol. The molecular formula is C13H24O2. The van der Waals surface area contributed by atoms with Gasteiger partial charge in [0, 0.05) is 6.42 Å². The first-order valence-electron chi connectivity index (χ1n) is 5.75. The Morgan fingerprint density at radius 3 is 2.33 bits per heavy atom. The van der Waals surface area contributed by atoms with Gasteiger partial charge in [0.05, 0.1) is 6.10 Å². The summed E-state index contributed by atoms with van der Waals surface area (Å²) in [6, 6.07) is 0. The van der Waals surface area contributed by atoms with Crippen LogP contribution in [0.15, 0.2) is 11.6 Å². The normalized spacial score (nSPS) is 14.4. The summed E-state index contributed by atoms with van der Waals surface area (Å²) in [5.74, 6) is 0.744. The third-order valence-electron chi connectivity index (χ3n) is 2.25. The Kier molecular flexibility index (Phi) is 7.31. The zero-order valence-electron chi connectivity index (χ0n) is 10.4. The Morgan fingerprint density at radius 1 is 1.27 bits per heavy atom. The van der Waals surface area contributed by atoms with Gasteiger partial charge in [-0.15, -0.1) is 0 Å². The van der Waals surface area contributed by atoms with Crippen LogP contribution in [0.5, 0.6) is 0 Å². The smallest absolute Gasteiger partial charge is 0.132 e. The molecule has 0 fully saturated rings. The van der Waals surface area contributed by atoms with E-state index in [4.69, 9.17) is 0 Å². The largest absolute Gasteiger partial charge is 0.393 e. The molecule has 88 valence electrons. The van der Waals surface area contributed by atoms with Crippen molar-refractivity contribution in [3.63, 3.8) is 0 Å². The lowest BCUT2D eigenvalue weighted by Crippen LogP contribution is -2.10. The van der Waals surface area contributed by atoms with Gasteiger partial charge < -0.3 is 5.11 Å². The summed E-state index contributed by atoms with van der Waals surface area (Å²) in [5.41, 5.74) is 1.38. The minimum atomic E-state index is -0.467. The van der Waals surface area contributed by atoms with Crippen LogP contribution in [0, 0.1) is 5.92 Å². The van der Waals surface area contributed by atoms with E-state index in [1.54, 1.807) is 0 Å². The van der Waals surface area contributed by atoms with Crippen LogP contribution in [0.3, 0.4) is 0 Å². The van der Waals surface area contributed by atoms with Crippen molar-refractivity contribution < 1.29 is 9.90 Å². The van der Waals surface area contributed by atoms with Crippen LogP contribution in [-0.2, 0) is 4.79 Å². The number of carbonyl (C=O) groups excluding carboxylic acids is 1. The number of hydrogen-bond donors (Lipinski definition) is 1. The highest BCUT2D eigenvalue weighted by Gasteiger charge is 2.05. The molecular weight excluding hydrogens is 188 g/mol. The van der Waals surface area contributed by atoms with Gasteiger partial charge in [-0.1, -0.05) is 25.5 Å². The van der Waals surface area contributed by atoms with Crippen molar-refractivity contribution >= 4 is 5.78 Å². The topological polar surface area (TPSA) is 37.3 Å². The molecule has 0 radical (unpaired) electrons. The van der Waals surface area contributed by atoms with E-state index >= 15 is 0 Å². The number of allylic oxidation sites excluding steroid dienone is 2. The third kappa shape index (κ3) is 9.67. The van der Waals surface area contributed by atoms with Crippen LogP contribution >= 0.6 is 0 Å². The molecule has 1 N–H and O–H groups in total. The van der Waals surface area contributed by atoms with E-state index in [0.717, 1.165) is 12.8 Å². The fourth-order valence-corrected chi connectivity index (χ4v) is 1.68. The molecule has 15 heavy (non-hydrogen) atoms. The first kappa shape index (κ1) is 14.4. The maximum Gasteiger partial charge on any atom is 0.132 e. The maximum absolute atomic E-state index is 10.7. The van der Waals surface area contributed by atoms with Crippen LogP contribution in [0.2, 0.25) is 0 Å². The molecule has 0 aromatic carbocycles. The molecule has 2 heteroatoms. The average molecular weight is 212 g/mol. The maximum atomic E-state index is 10.7. The molecule has 0 aliphatic carbocycles. The van der Waals surface area contributed by atoms with Crippen LogP contribution in [0.25, 0.3) is 0 Å². The molecule has 0 bridgehead atoms. The predicted octanol–water partition coefficient (Wildman–Crippen LogP) is 3.10. The van der Waals surface area contributed by atoms with Crippen LogP contribution < -0.4 is 0 Å². The molecule has 0 amide bonds. The van der Waals surface area contributed by atoms with E-state index in [2.05, 4.69) is 26.8 Å². The Balaban J connectivity index is 3.71. The summed E-state index contributed by atoms with van der Waals surface area (Å²) in [6.07, 6.45) is 4.66. The standard InChI is InChI=1S/C13H24O2/c1-10(2)8-11(3)6-5-7-13(15)9-12(4)14/h6,10,13,15H,5,7-9H2,1-4H3. The first-order chi connectivity index (χ1) is 6.91. The van der Waals surface area contributed by atoms with Crippen molar-refractivity contribution in [3.05, 3.63) is 11.6 Å². The van der Waals surface area contributed by atoms with E-state index < -0.39 is 6.10 Å². The lowest BCUT2D eigenvalue weighted by Gasteiger charge is -2.07. The first-order valence-corrected chi connectivity index (χ1v) is 5.75. The van der Waals surface area contributed by atoms with Crippen molar-refractivity contribution in [2.24, 2.45) is 5.92 Å². The molecule has 0 aromatic heterocycles. The van der Waals surface area contributed by atoms with Gasteiger partial charge in [0.15, 0.2) is 0 Å². The highest BCUT2D eigenvalue weighted by molar-refractivity contribution is 5.75. The fraction of sp³-hybridized carbons (Fsp3) is 0.769. The molecule has 0 aliphatic heterocycles. The Morgan fingerprint density at radius 2 is 1.87 bits per heavy atom.